The first-order valence-corrected chi connectivity index (χ1v) is 6.47. The Morgan fingerprint density at radius 2 is 1.64 bits per heavy atom. The SMILES string of the molecule is CCC1CCC(C2(O)CCCC2)CC1. The van der Waals surface area contributed by atoms with E-state index in [0.717, 1.165) is 18.8 Å². The van der Waals surface area contributed by atoms with Crippen LogP contribution in [0.1, 0.15) is 64.7 Å². The summed E-state index contributed by atoms with van der Waals surface area (Å²) in [6.07, 6.45) is 11.3. The topological polar surface area (TPSA) is 20.2 Å². The predicted molar refractivity (Wildman–Crippen MR) is 59.2 cm³/mol. The van der Waals surface area contributed by atoms with Gasteiger partial charge in [0.2, 0.25) is 0 Å². The zero-order valence-electron chi connectivity index (χ0n) is 9.47. The van der Waals surface area contributed by atoms with Crippen molar-refractivity contribution < 1.29 is 5.11 Å². The summed E-state index contributed by atoms with van der Waals surface area (Å²) >= 11 is 0. The van der Waals surface area contributed by atoms with Crippen molar-refractivity contribution in [2.24, 2.45) is 11.8 Å². The Kier molecular flexibility index (Phi) is 3.16. The Morgan fingerprint density at radius 3 is 2.14 bits per heavy atom. The molecule has 2 fully saturated rings. The molecule has 2 aliphatic carbocycles. The molecule has 1 nitrogen and oxygen atoms in total. The van der Waals surface area contributed by atoms with E-state index in [2.05, 4.69) is 6.92 Å². The smallest absolute Gasteiger partial charge is 0.0675 e. The number of aliphatic hydroxyl groups is 1. The third-order valence-corrected chi connectivity index (χ3v) is 4.65. The van der Waals surface area contributed by atoms with Crippen LogP contribution in [-0.4, -0.2) is 10.7 Å². The summed E-state index contributed by atoms with van der Waals surface area (Å²) in [7, 11) is 0. The normalized spacial score (nSPS) is 37.3. The Morgan fingerprint density at radius 1 is 1.07 bits per heavy atom. The quantitative estimate of drug-likeness (QED) is 0.716. The van der Waals surface area contributed by atoms with Crippen molar-refractivity contribution in [1.29, 1.82) is 0 Å². The minimum Gasteiger partial charge on any atom is -0.390 e. The largest absolute Gasteiger partial charge is 0.390 e. The molecule has 1 heteroatoms. The van der Waals surface area contributed by atoms with Crippen molar-refractivity contribution in [3.05, 3.63) is 0 Å². The highest BCUT2D eigenvalue weighted by Gasteiger charge is 2.40. The molecule has 0 aromatic heterocycles. The van der Waals surface area contributed by atoms with Crippen LogP contribution in [0.25, 0.3) is 0 Å². The second-order valence-corrected chi connectivity index (χ2v) is 5.44. The van der Waals surface area contributed by atoms with Crippen molar-refractivity contribution in [1.82, 2.24) is 0 Å². The molecule has 0 bridgehead atoms. The molecule has 2 saturated carbocycles. The van der Waals surface area contributed by atoms with Gasteiger partial charge in [0.1, 0.15) is 0 Å². The lowest BCUT2D eigenvalue weighted by Crippen LogP contribution is -2.37. The molecule has 2 aliphatic rings. The van der Waals surface area contributed by atoms with E-state index in [-0.39, 0.29) is 5.60 Å². The molecule has 2 rings (SSSR count). The lowest BCUT2D eigenvalue weighted by Gasteiger charge is -2.37. The third-order valence-electron chi connectivity index (χ3n) is 4.65. The maximum atomic E-state index is 10.5. The van der Waals surface area contributed by atoms with Gasteiger partial charge in [-0.3, -0.25) is 0 Å². The molecule has 0 heterocycles. The monoisotopic (exact) mass is 196 g/mol. The number of hydrogen-bond donors (Lipinski definition) is 1. The van der Waals surface area contributed by atoms with Crippen molar-refractivity contribution in [2.75, 3.05) is 0 Å². The van der Waals surface area contributed by atoms with E-state index in [1.807, 2.05) is 0 Å². The van der Waals surface area contributed by atoms with Crippen molar-refractivity contribution in [2.45, 2.75) is 70.3 Å². The zero-order valence-corrected chi connectivity index (χ0v) is 9.47. The van der Waals surface area contributed by atoms with Crippen LogP contribution < -0.4 is 0 Å². The molecule has 0 radical (unpaired) electrons. The standard InChI is InChI=1S/C13H24O/c1-2-11-5-7-12(8-6-11)13(14)9-3-4-10-13/h11-12,14H,2-10H2,1H3. The first-order valence-electron chi connectivity index (χ1n) is 6.47. The van der Waals surface area contributed by atoms with Gasteiger partial charge in [-0.25, -0.2) is 0 Å². The highest BCUT2D eigenvalue weighted by molar-refractivity contribution is 4.92. The van der Waals surface area contributed by atoms with Crippen LogP contribution in [0.3, 0.4) is 0 Å². The molecular formula is C13H24O. The summed E-state index contributed by atoms with van der Waals surface area (Å²) in [5.74, 6) is 1.59. The number of hydrogen-bond acceptors (Lipinski definition) is 1. The van der Waals surface area contributed by atoms with Gasteiger partial charge in [0.05, 0.1) is 5.60 Å². The fourth-order valence-corrected chi connectivity index (χ4v) is 3.50. The second-order valence-electron chi connectivity index (χ2n) is 5.44. The van der Waals surface area contributed by atoms with Gasteiger partial charge >= 0.3 is 0 Å². The molecular weight excluding hydrogens is 172 g/mol. The second kappa shape index (κ2) is 4.22. The third kappa shape index (κ3) is 1.98. The molecule has 0 aliphatic heterocycles. The van der Waals surface area contributed by atoms with E-state index in [1.165, 1.54) is 44.9 Å². The zero-order chi connectivity index (χ0) is 10.0. The maximum Gasteiger partial charge on any atom is 0.0675 e. The van der Waals surface area contributed by atoms with Gasteiger partial charge in [-0.1, -0.05) is 39.0 Å². The molecule has 0 aromatic carbocycles. The molecule has 0 atom stereocenters. The van der Waals surface area contributed by atoms with Crippen LogP contribution in [0.2, 0.25) is 0 Å². The van der Waals surface area contributed by atoms with Crippen LogP contribution in [0.5, 0.6) is 0 Å². The molecule has 14 heavy (non-hydrogen) atoms. The minimum absolute atomic E-state index is 0.251. The first kappa shape index (κ1) is 10.5. The van der Waals surface area contributed by atoms with E-state index in [4.69, 9.17) is 0 Å². The summed E-state index contributed by atoms with van der Waals surface area (Å²) in [6, 6.07) is 0. The van der Waals surface area contributed by atoms with Gasteiger partial charge in [-0.05, 0) is 37.5 Å². The van der Waals surface area contributed by atoms with Crippen LogP contribution >= 0.6 is 0 Å². The fourth-order valence-electron chi connectivity index (χ4n) is 3.50. The maximum absolute atomic E-state index is 10.5. The van der Waals surface area contributed by atoms with Gasteiger partial charge in [-0.15, -0.1) is 0 Å². The van der Waals surface area contributed by atoms with Gasteiger partial charge in [0.15, 0.2) is 0 Å². The molecule has 0 aromatic rings. The summed E-state index contributed by atoms with van der Waals surface area (Å²) in [6.45, 7) is 2.30. The van der Waals surface area contributed by atoms with E-state index in [0.29, 0.717) is 5.92 Å². The van der Waals surface area contributed by atoms with E-state index in [1.54, 1.807) is 0 Å². The molecule has 0 unspecified atom stereocenters. The highest BCUT2D eigenvalue weighted by Crippen LogP contribution is 2.44. The van der Waals surface area contributed by atoms with Crippen LogP contribution in [0, 0.1) is 11.8 Å². The van der Waals surface area contributed by atoms with E-state index < -0.39 is 0 Å². The summed E-state index contributed by atoms with van der Waals surface area (Å²) in [4.78, 5) is 0. The highest BCUT2D eigenvalue weighted by atomic mass is 16.3. The van der Waals surface area contributed by atoms with Crippen molar-refractivity contribution >= 4 is 0 Å². The van der Waals surface area contributed by atoms with Crippen molar-refractivity contribution in [3.8, 4) is 0 Å². The molecule has 82 valence electrons. The Bertz CT molecular complexity index is 174. The fraction of sp³-hybridized carbons (Fsp3) is 1.00. The number of rotatable bonds is 2. The van der Waals surface area contributed by atoms with Crippen molar-refractivity contribution in [3.63, 3.8) is 0 Å². The van der Waals surface area contributed by atoms with Crippen LogP contribution in [-0.2, 0) is 0 Å². The lowest BCUT2D eigenvalue weighted by molar-refractivity contribution is -0.0324. The van der Waals surface area contributed by atoms with E-state index in [9.17, 15) is 5.11 Å². The van der Waals surface area contributed by atoms with Crippen LogP contribution in [0.15, 0.2) is 0 Å². The van der Waals surface area contributed by atoms with Gasteiger partial charge in [0.25, 0.3) is 0 Å². The van der Waals surface area contributed by atoms with Gasteiger partial charge in [-0.2, -0.15) is 0 Å². The van der Waals surface area contributed by atoms with Gasteiger partial charge in [0, 0.05) is 0 Å². The van der Waals surface area contributed by atoms with E-state index >= 15 is 0 Å². The summed E-state index contributed by atoms with van der Waals surface area (Å²) in [5, 5.41) is 10.5. The Labute approximate surface area is 87.9 Å². The Balaban J connectivity index is 1.88. The molecule has 0 spiro atoms. The minimum atomic E-state index is -0.251. The van der Waals surface area contributed by atoms with Crippen LogP contribution in [0.4, 0.5) is 0 Å². The average molecular weight is 196 g/mol. The first-order chi connectivity index (χ1) is 6.74. The Hall–Kier alpha value is -0.0400. The lowest BCUT2D eigenvalue weighted by atomic mass is 9.72. The summed E-state index contributed by atoms with van der Waals surface area (Å²) in [5.41, 5.74) is -0.251. The summed E-state index contributed by atoms with van der Waals surface area (Å²) < 4.78 is 0. The van der Waals surface area contributed by atoms with Gasteiger partial charge < -0.3 is 5.11 Å². The molecule has 0 amide bonds. The average Bonchev–Trinajstić information content (AvgIpc) is 2.67. The predicted octanol–water partition coefficient (Wildman–Crippen LogP) is 3.51. The molecule has 1 N–H and O–H groups in total. The molecule has 0 saturated heterocycles.